The summed E-state index contributed by atoms with van der Waals surface area (Å²) in [5.41, 5.74) is 0.707. The van der Waals surface area contributed by atoms with Crippen molar-refractivity contribution in [2.75, 3.05) is 23.3 Å². The Balaban J connectivity index is 1.32. The summed E-state index contributed by atoms with van der Waals surface area (Å²) >= 11 is 3.34. The van der Waals surface area contributed by atoms with Crippen molar-refractivity contribution in [3.8, 4) is 5.75 Å². The Hall–Kier alpha value is -3.53. The molecule has 4 rings (SSSR count). The molecule has 0 unspecified atom stereocenters. The molecule has 2 heterocycles. The number of benzene rings is 2. The molecule has 3 aromatic rings. The summed E-state index contributed by atoms with van der Waals surface area (Å²) in [7, 11) is 0. The highest BCUT2D eigenvalue weighted by Gasteiger charge is 2.30. The summed E-state index contributed by atoms with van der Waals surface area (Å²) in [6.45, 7) is 1.11. The van der Waals surface area contributed by atoms with Crippen molar-refractivity contribution >= 4 is 39.3 Å². The number of carboxylic acid groups (broad SMARTS) is 1. The van der Waals surface area contributed by atoms with Crippen LogP contribution < -0.4 is 15.0 Å². The number of hydrogen-bond donors (Lipinski definition) is 2. The van der Waals surface area contributed by atoms with E-state index in [4.69, 9.17) is 9.84 Å². The number of amides is 1. The second-order valence-electron chi connectivity index (χ2n) is 6.82. The fourth-order valence-electron chi connectivity index (χ4n) is 2.94. The van der Waals surface area contributed by atoms with Crippen LogP contribution in [0.2, 0.25) is 0 Å². The molecule has 1 aliphatic rings. The molecule has 1 aliphatic heterocycles. The zero-order valence-corrected chi connectivity index (χ0v) is 17.5. The Labute approximate surface area is 184 Å². The molecule has 0 spiro atoms. The second-order valence-corrected chi connectivity index (χ2v) is 7.67. The summed E-state index contributed by atoms with van der Waals surface area (Å²) in [4.78, 5) is 33.5. The van der Waals surface area contributed by atoms with Gasteiger partial charge in [0.2, 0.25) is 0 Å². The van der Waals surface area contributed by atoms with Crippen molar-refractivity contribution in [2.45, 2.75) is 6.10 Å². The number of rotatable bonds is 6. The van der Waals surface area contributed by atoms with Crippen LogP contribution in [0.5, 0.6) is 5.75 Å². The van der Waals surface area contributed by atoms with E-state index >= 15 is 0 Å². The molecule has 0 bridgehead atoms. The molecule has 1 saturated heterocycles. The monoisotopic (exact) mass is 486 g/mol. The number of aromatic carboxylic acids is 1. The Morgan fingerprint density at radius 3 is 2.52 bits per heavy atom. The number of carbonyl (C=O) groups is 2. The van der Waals surface area contributed by atoms with Gasteiger partial charge in [-0.25, -0.2) is 19.2 Å². The maximum absolute atomic E-state index is 13.4. The number of aromatic nitrogens is 2. The van der Waals surface area contributed by atoms with E-state index in [1.807, 2.05) is 4.90 Å². The lowest BCUT2D eigenvalue weighted by molar-refractivity contribution is 0.0696. The molecule has 0 atom stereocenters. The number of carboxylic acids is 1. The van der Waals surface area contributed by atoms with Crippen LogP contribution in [0.25, 0.3) is 0 Å². The molecule has 2 aromatic carbocycles. The molecule has 0 saturated carbocycles. The van der Waals surface area contributed by atoms with Gasteiger partial charge >= 0.3 is 5.97 Å². The van der Waals surface area contributed by atoms with E-state index in [2.05, 4.69) is 31.2 Å². The number of anilines is 2. The first kappa shape index (κ1) is 20.7. The third kappa shape index (κ3) is 4.80. The maximum atomic E-state index is 13.4. The quantitative estimate of drug-likeness (QED) is 0.548. The van der Waals surface area contributed by atoms with Gasteiger partial charge in [-0.05, 0) is 52.3 Å². The summed E-state index contributed by atoms with van der Waals surface area (Å²) in [5, 5.41) is 11.6. The lowest BCUT2D eigenvalue weighted by Gasteiger charge is -2.39. The zero-order valence-electron chi connectivity index (χ0n) is 16.0. The highest BCUT2D eigenvalue weighted by atomic mass is 79.9. The lowest BCUT2D eigenvalue weighted by atomic mass is 10.1. The molecule has 1 aromatic heterocycles. The van der Waals surface area contributed by atoms with Crippen molar-refractivity contribution in [1.29, 1.82) is 0 Å². The summed E-state index contributed by atoms with van der Waals surface area (Å²) < 4.78 is 19.8. The predicted octanol–water partition coefficient (Wildman–Crippen LogP) is 3.60. The first-order valence-electron chi connectivity index (χ1n) is 9.22. The van der Waals surface area contributed by atoms with Crippen LogP contribution in [0, 0.1) is 5.82 Å². The number of halogens is 2. The van der Waals surface area contributed by atoms with E-state index in [9.17, 15) is 14.0 Å². The van der Waals surface area contributed by atoms with E-state index in [0.717, 1.165) is 0 Å². The highest BCUT2D eigenvalue weighted by molar-refractivity contribution is 9.10. The zero-order chi connectivity index (χ0) is 22.0. The average molecular weight is 487 g/mol. The van der Waals surface area contributed by atoms with E-state index in [1.54, 1.807) is 6.07 Å². The molecular weight excluding hydrogens is 471 g/mol. The Morgan fingerprint density at radius 2 is 1.87 bits per heavy atom. The van der Waals surface area contributed by atoms with Crippen molar-refractivity contribution in [2.24, 2.45) is 0 Å². The molecule has 158 valence electrons. The minimum absolute atomic E-state index is 0.114. The van der Waals surface area contributed by atoms with Crippen molar-refractivity contribution in [3.63, 3.8) is 0 Å². The largest absolute Gasteiger partial charge is 0.485 e. The minimum atomic E-state index is -1.04. The molecule has 1 fully saturated rings. The van der Waals surface area contributed by atoms with Crippen molar-refractivity contribution in [3.05, 3.63) is 76.4 Å². The lowest BCUT2D eigenvalue weighted by Crippen LogP contribution is -2.54. The van der Waals surface area contributed by atoms with Gasteiger partial charge in [0.1, 0.15) is 29.2 Å². The SMILES string of the molecule is O=C(O)c1ccc(NC(=O)c2cnc(N3CC(Oc4cc(F)ccc4Br)C3)cn2)cc1. The van der Waals surface area contributed by atoms with Crippen molar-refractivity contribution in [1.82, 2.24) is 9.97 Å². The van der Waals surface area contributed by atoms with Gasteiger partial charge in [0, 0.05) is 11.8 Å². The Morgan fingerprint density at radius 1 is 1.13 bits per heavy atom. The average Bonchev–Trinajstić information content (AvgIpc) is 2.73. The van der Waals surface area contributed by atoms with Gasteiger partial charge in [-0.2, -0.15) is 0 Å². The number of hydrogen-bond acceptors (Lipinski definition) is 6. The Bertz CT molecular complexity index is 1120. The molecule has 10 heteroatoms. The van der Waals surface area contributed by atoms with Gasteiger partial charge < -0.3 is 20.1 Å². The number of ether oxygens (including phenoxy) is 1. The van der Waals surface area contributed by atoms with E-state index in [0.29, 0.717) is 34.8 Å². The summed E-state index contributed by atoms with van der Waals surface area (Å²) in [6.07, 6.45) is 2.75. The first-order chi connectivity index (χ1) is 14.9. The van der Waals surface area contributed by atoms with Gasteiger partial charge in [0.15, 0.2) is 0 Å². The third-order valence-corrected chi connectivity index (χ3v) is 5.27. The molecule has 31 heavy (non-hydrogen) atoms. The summed E-state index contributed by atoms with van der Waals surface area (Å²) in [5.74, 6) is -0.823. The molecule has 0 radical (unpaired) electrons. The molecular formula is C21H16BrFN4O4. The molecule has 2 N–H and O–H groups in total. The van der Waals surface area contributed by atoms with Gasteiger partial charge in [0.25, 0.3) is 5.91 Å². The van der Waals surface area contributed by atoms with E-state index in [-0.39, 0.29) is 23.2 Å². The van der Waals surface area contributed by atoms with Crippen LogP contribution in [0.1, 0.15) is 20.8 Å². The second kappa shape index (κ2) is 8.68. The first-order valence-corrected chi connectivity index (χ1v) is 10.0. The highest BCUT2D eigenvalue weighted by Crippen LogP contribution is 2.29. The van der Waals surface area contributed by atoms with Gasteiger partial charge in [-0.3, -0.25) is 4.79 Å². The maximum Gasteiger partial charge on any atom is 0.335 e. The fraction of sp³-hybridized carbons (Fsp3) is 0.143. The number of nitrogens with zero attached hydrogens (tertiary/aromatic N) is 3. The van der Waals surface area contributed by atoms with Crippen LogP contribution in [-0.4, -0.2) is 46.1 Å². The molecule has 0 aliphatic carbocycles. The molecule has 8 nitrogen and oxygen atoms in total. The van der Waals surface area contributed by atoms with E-state index < -0.39 is 11.9 Å². The third-order valence-electron chi connectivity index (χ3n) is 4.62. The van der Waals surface area contributed by atoms with Crippen LogP contribution in [-0.2, 0) is 0 Å². The van der Waals surface area contributed by atoms with Gasteiger partial charge in [-0.1, -0.05) is 0 Å². The number of nitrogens with one attached hydrogen (secondary N) is 1. The summed E-state index contributed by atoms with van der Waals surface area (Å²) in [6, 6.07) is 10.1. The van der Waals surface area contributed by atoms with Crippen LogP contribution in [0.4, 0.5) is 15.9 Å². The van der Waals surface area contributed by atoms with Gasteiger partial charge in [0.05, 0.1) is 35.5 Å². The fourth-order valence-corrected chi connectivity index (χ4v) is 3.28. The van der Waals surface area contributed by atoms with Gasteiger partial charge in [-0.15, -0.1) is 0 Å². The minimum Gasteiger partial charge on any atom is -0.485 e. The van der Waals surface area contributed by atoms with Crippen molar-refractivity contribution < 1.29 is 23.8 Å². The standard InChI is InChI=1S/C21H16BrFN4O4/c22-16-6-3-13(23)7-18(16)31-15-10-27(11-15)19-9-24-17(8-25-19)20(28)26-14-4-1-12(2-5-14)21(29)30/h1-9,15H,10-11H2,(H,26,28)(H,29,30). The molecule has 1 amide bonds. The smallest absolute Gasteiger partial charge is 0.335 e. The normalized spacial score (nSPS) is 13.4. The number of carbonyl (C=O) groups excluding carboxylic acids is 1. The van der Waals surface area contributed by atoms with E-state index in [1.165, 1.54) is 48.8 Å². The van der Waals surface area contributed by atoms with Crippen LogP contribution in [0.15, 0.2) is 59.3 Å². The van der Waals surface area contributed by atoms with Crippen LogP contribution in [0.3, 0.4) is 0 Å². The Kier molecular flexibility index (Phi) is 5.81. The topological polar surface area (TPSA) is 105 Å². The predicted molar refractivity (Wildman–Crippen MR) is 114 cm³/mol. The van der Waals surface area contributed by atoms with Crippen LogP contribution >= 0.6 is 15.9 Å².